The van der Waals surface area contributed by atoms with E-state index in [1.165, 1.54) is 30.3 Å². The molecule has 0 heterocycles. The van der Waals surface area contributed by atoms with Crippen molar-refractivity contribution >= 4 is 11.9 Å². The Morgan fingerprint density at radius 3 is 2.19 bits per heavy atom. The first kappa shape index (κ1) is 33.3. The zero-order valence-corrected chi connectivity index (χ0v) is 23.9. The minimum absolute atomic E-state index is 0.00536. The number of carbonyl (C=O) groups is 2. The van der Waals surface area contributed by atoms with Gasteiger partial charge in [-0.2, -0.15) is 13.2 Å². The van der Waals surface area contributed by atoms with Crippen LogP contribution in [0.5, 0.6) is 0 Å². The average molecular weight is 601 g/mol. The van der Waals surface area contributed by atoms with Crippen molar-refractivity contribution in [2.24, 2.45) is 0 Å². The molecule has 0 spiro atoms. The Hall–Kier alpha value is -4.23. The van der Waals surface area contributed by atoms with Gasteiger partial charge in [0.1, 0.15) is 17.7 Å². The molecule has 10 heteroatoms. The summed E-state index contributed by atoms with van der Waals surface area (Å²) in [7, 11) is 0. The second-order valence-corrected chi connectivity index (χ2v) is 10.1. The third-order valence-corrected chi connectivity index (χ3v) is 6.47. The van der Waals surface area contributed by atoms with Crippen LogP contribution < -0.4 is 5.32 Å². The van der Waals surface area contributed by atoms with Gasteiger partial charge in [0.05, 0.1) is 11.1 Å². The van der Waals surface area contributed by atoms with Gasteiger partial charge in [-0.15, -0.1) is 6.42 Å². The summed E-state index contributed by atoms with van der Waals surface area (Å²) in [6.45, 7) is 4.89. The first-order valence-corrected chi connectivity index (χ1v) is 13.9. The lowest BCUT2D eigenvalue weighted by atomic mass is 10.0. The van der Waals surface area contributed by atoms with E-state index < -0.39 is 35.4 Å². The monoisotopic (exact) mass is 600 g/mol. The predicted molar refractivity (Wildman–Crippen MR) is 153 cm³/mol. The number of terminal acetylenes is 1. The molecule has 0 bridgehead atoms. The molecule has 3 aromatic rings. The zero-order chi connectivity index (χ0) is 31.6. The Morgan fingerprint density at radius 1 is 0.930 bits per heavy atom. The van der Waals surface area contributed by atoms with Gasteiger partial charge in [-0.1, -0.05) is 38.0 Å². The van der Waals surface area contributed by atoms with Gasteiger partial charge >= 0.3 is 12.1 Å². The number of nitrogens with one attached hydrogen (secondary N) is 1. The second kappa shape index (κ2) is 15.3. The van der Waals surface area contributed by atoms with Crippen LogP contribution in [0.4, 0.5) is 22.0 Å². The normalized spacial score (nSPS) is 12.0. The number of benzene rings is 3. The Bertz CT molecular complexity index is 1440. The van der Waals surface area contributed by atoms with Crippen molar-refractivity contribution in [3.63, 3.8) is 0 Å². The van der Waals surface area contributed by atoms with E-state index in [0.717, 1.165) is 37.1 Å². The summed E-state index contributed by atoms with van der Waals surface area (Å²) in [5.74, 6) is -0.304. The highest BCUT2D eigenvalue weighted by Gasteiger charge is 2.30. The standard InChI is InChI=1S/C33H33F5N2O3/c1-4-10-40(11-5-2)31(41)25-12-22(6-3)13-26(18-25)32(42)43-30(17-24-15-28(34)19-29(35)16-24)21-39-20-23-8-7-9-27(14-23)33(36,37)38/h3,7-9,12-16,18-19,30,39H,4-5,10-11,17,20-21H2,1-2H3/t30-/m0/s1. The van der Waals surface area contributed by atoms with Crippen LogP contribution in [0.25, 0.3) is 0 Å². The minimum atomic E-state index is -4.51. The van der Waals surface area contributed by atoms with E-state index in [1.807, 2.05) is 13.8 Å². The summed E-state index contributed by atoms with van der Waals surface area (Å²) in [5.41, 5.74) is 0.262. The molecule has 3 rings (SSSR count). The molecule has 0 saturated carbocycles. The number of hydrogen-bond acceptors (Lipinski definition) is 4. The van der Waals surface area contributed by atoms with Gasteiger partial charge in [0, 0.05) is 49.8 Å². The van der Waals surface area contributed by atoms with Crippen molar-refractivity contribution in [3.8, 4) is 12.3 Å². The maximum absolute atomic E-state index is 13.9. The molecular weight excluding hydrogens is 567 g/mol. The lowest BCUT2D eigenvalue weighted by Gasteiger charge is -2.22. The topological polar surface area (TPSA) is 58.6 Å². The smallest absolute Gasteiger partial charge is 0.416 e. The van der Waals surface area contributed by atoms with E-state index in [9.17, 15) is 31.5 Å². The first-order chi connectivity index (χ1) is 20.4. The summed E-state index contributed by atoms with van der Waals surface area (Å²) in [6.07, 6.45) is 1.49. The summed E-state index contributed by atoms with van der Waals surface area (Å²) < 4.78 is 72.8. The SMILES string of the molecule is C#Cc1cc(C(=O)O[C@H](CNCc2cccc(C(F)(F)F)c2)Cc2cc(F)cc(F)c2)cc(C(=O)N(CCC)CCC)c1. The molecule has 1 amide bonds. The van der Waals surface area contributed by atoms with Gasteiger partial charge in [0.15, 0.2) is 0 Å². The van der Waals surface area contributed by atoms with Crippen LogP contribution in [0, 0.1) is 24.0 Å². The lowest BCUT2D eigenvalue weighted by Crippen LogP contribution is -2.33. The molecule has 0 aliphatic rings. The number of halogens is 5. The fourth-order valence-corrected chi connectivity index (χ4v) is 4.59. The third-order valence-electron chi connectivity index (χ3n) is 6.47. The highest BCUT2D eigenvalue weighted by Crippen LogP contribution is 2.29. The van der Waals surface area contributed by atoms with Crippen LogP contribution in [-0.4, -0.2) is 42.5 Å². The fraction of sp³-hybridized carbons (Fsp3) is 0.333. The number of amides is 1. The zero-order valence-electron chi connectivity index (χ0n) is 23.9. The molecule has 43 heavy (non-hydrogen) atoms. The molecule has 0 unspecified atom stereocenters. The molecule has 228 valence electrons. The maximum atomic E-state index is 13.9. The van der Waals surface area contributed by atoms with Crippen molar-refractivity contribution in [2.75, 3.05) is 19.6 Å². The number of rotatable bonds is 13. The Kier molecular flexibility index (Phi) is 11.8. The minimum Gasteiger partial charge on any atom is -0.457 e. The van der Waals surface area contributed by atoms with Crippen LogP contribution in [0.3, 0.4) is 0 Å². The molecule has 0 aliphatic heterocycles. The number of esters is 1. The largest absolute Gasteiger partial charge is 0.457 e. The summed E-state index contributed by atoms with van der Waals surface area (Å²) in [6, 6.07) is 12.0. The van der Waals surface area contributed by atoms with Crippen LogP contribution >= 0.6 is 0 Å². The lowest BCUT2D eigenvalue weighted by molar-refractivity contribution is -0.137. The van der Waals surface area contributed by atoms with Gasteiger partial charge in [0.25, 0.3) is 5.91 Å². The Labute approximate surface area is 248 Å². The van der Waals surface area contributed by atoms with E-state index in [4.69, 9.17) is 11.2 Å². The van der Waals surface area contributed by atoms with Gasteiger partial charge in [-0.3, -0.25) is 4.79 Å². The van der Waals surface area contributed by atoms with Gasteiger partial charge in [-0.05, 0) is 60.4 Å². The number of alkyl halides is 3. The Balaban J connectivity index is 1.84. The van der Waals surface area contributed by atoms with Crippen molar-refractivity contribution in [1.82, 2.24) is 10.2 Å². The predicted octanol–water partition coefficient (Wildman–Crippen LogP) is 6.79. The van der Waals surface area contributed by atoms with E-state index in [1.54, 1.807) is 4.90 Å². The maximum Gasteiger partial charge on any atom is 0.416 e. The van der Waals surface area contributed by atoms with E-state index in [-0.39, 0.29) is 47.7 Å². The van der Waals surface area contributed by atoms with E-state index in [0.29, 0.717) is 24.7 Å². The fourth-order valence-electron chi connectivity index (χ4n) is 4.59. The highest BCUT2D eigenvalue weighted by molar-refractivity contribution is 5.98. The quantitative estimate of drug-likeness (QED) is 0.133. The molecule has 0 aromatic heterocycles. The summed E-state index contributed by atoms with van der Waals surface area (Å²) in [5, 5.41) is 2.96. The second-order valence-electron chi connectivity index (χ2n) is 10.1. The number of carbonyl (C=O) groups excluding carboxylic acids is 2. The van der Waals surface area contributed by atoms with Crippen molar-refractivity contribution in [3.05, 3.63) is 106 Å². The summed E-state index contributed by atoms with van der Waals surface area (Å²) in [4.78, 5) is 28.2. The molecule has 0 radical (unpaired) electrons. The van der Waals surface area contributed by atoms with Crippen LogP contribution in [-0.2, 0) is 23.9 Å². The van der Waals surface area contributed by atoms with E-state index in [2.05, 4.69) is 11.2 Å². The van der Waals surface area contributed by atoms with Gasteiger partial charge in [0.2, 0.25) is 0 Å². The average Bonchev–Trinajstić information content (AvgIpc) is 2.95. The molecule has 0 aliphatic carbocycles. The van der Waals surface area contributed by atoms with Crippen molar-refractivity contribution < 1.29 is 36.3 Å². The van der Waals surface area contributed by atoms with Gasteiger partial charge in [-0.25, -0.2) is 13.6 Å². The van der Waals surface area contributed by atoms with Crippen LogP contribution in [0.15, 0.2) is 60.7 Å². The molecular formula is C33H33F5N2O3. The van der Waals surface area contributed by atoms with Crippen molar-refractivity contribution in [1.29, 1.82) is 0 Å². The van der Waals surface area contributed by atoms with Crippen LogP contribution in [0.1, 0.15) is 69.7 Å². The molecule has 0 saturated heterocycles. The highest BCUT2D eigenvalue weighted by atomic mass is 19.4. The summed E-state index contributed by atoms with van der Waals surface area (Å²) >= 11 is 0. The van der Waals surface area contributed by atoms with Crippen molar-refractivity contribution in [2.45, 2.75) is 51.9 Å². The molecule has 0 fully saturated rings. The first-order valence-electron chi connectivity index (χ1n) is 13.9. The van der Waals surface area contributed by atoms with Gasteiger partial charge < -0.3 is 15.0 Å². The molecule has 3 aromatic carbocycles. The Morgan fingerprint density at radius 2 is 1.58 bits per heavy atom. The molecule has 1 atom stereocenters. The number of hydrogen-bond donors (Lipinski definition) is 1. The van der Waals surface area contributed by atoms with E-state index >= 15 is 0 Å². The number of nitrogens with zero attached hydrogens (tertiary/aromatic N) is 1. The number of ether oxygens (including phenoxy) is 1. The third kappa shape index (κ3) is 9.93. The van der Waals surface area contributed by atoms with Crippen LogP contribution in [0.2, 0.25) is 0 Å². The molecule has 5 nitrogen and oxygen atoms in total. The molecule has 1 N–H and O–H groups in total.